The minimum atomic E-state index is -0.144. The summed E-state index contributed by atoms with van der Waals surface area (Å²) >= 11 is 1.54. The van der Waals surface area contributed by atoms with Crippen molar-refractivity contribution in [2.24, 2.45) is 0 Å². The van der Waals surface area contributed by atoms with Gasteiger partial charge in [-0.3, -0.25) is 14.2 Å². The Kier molecular flexibility index (Phi) is 4.49. The minimum Gasteiger partial charge on any atom is -0.326 e. The molecule has 1 atom stereocenters. The first-order valence-electron chi connectivity index (χ1n) is 7.97. The van der Waals surface area contributed by atoms with Crippen molar-refractivity contribution in [3.05, 3.63) is 50.9 Å². The maximum Gasteiger partial charge on any atom is 0.257 e. The third-order valence-corrected chi connectivity index (χ3v) is 5.72. The average Bonchev–Trinajstić information content (AvgIpc) is 2.92. The van der Waals surface area contributed by atoms with Crippen LogP contribution in [0.4, 0.5) is 5.69 Å². The number of benzene rings is 1. The Morgan fingerprint density at radius 2 is 2.04 bits per heavy atom. The number of nitrogens with zero attached hydrogens (tertiary/aromatic N) is 2. The molecule has 1 N–H and O–H groups in total. The van der Waals surface area contributed by atoms with Gasteiger partial charge in [-0.25, -0.2) is 4.98 Å². The molecule has 1 aliphatic heterocycles. The SMILES string of the molecule is Cc1cccc(NC(=O)CC2CSc3nc(C)c(C)c(=O)n32)c1C. The highest BCUT2D eigenvalue weighted by Crippen LogP contribution is 2.32. The van der Waals surface area contributed by atoms with Gasteiger partial charge in [0.05, 0.1) is 6.04 Å². The molecule has 0 bridgehead atoms. The third-order valence-electron chi connectivity index (χ3n) is 4.62. The van der Waals surface area contributed by atoms with Crippen molar-refractivity contribution in [1.82, 2.24) is 9.55 Å². The van der Waals surface area contributed by atoms with Crippen LogP contribution in [-0.2, 0) is 4.79 Å². The van der Waals surface area contributed by atoms with E-state index in [1.54, 1.807) is 11.5 Å². The van der Waals surface area contributed by atoms with E-state index in [2.05, 4.69) is 10.3 Å². The Bertz CT molecular complexity index is 873. The van der Waals surface area contributed by atoms with E-state index >= 15 is 0 Å². The highest BCUT2D eigenvalue weighted by atomic mass is 32.2. The number of fused-ring (bicyclic) bond motifs is 1. The molecule has 126 valence electrons. The van der Waals surface area contributed by atoms with Crippen LogP contribution in [0.25, 0.3) is 0 Å². The number of aromatic nitrogens is 2. The molecule has 1 amide bonds. The fourth-order valence-electron chi connectivity index (χ4n) is 2.82. The monoisotopic (exact) mass is 343 g/mol. The molecule has 2 aromatic rings. The van der Waals surface area contributed by atoms with Gasteiger partial charge in [0, 0.05) is 29.1 Å². The Hall–Kier alpha value is -2.08. The summed E-state index contributed by atoms with van der Waals surface area (Å²) in [5.41, 5.74) is 4.42. The van der Waals surface area contributed by atoms with Gasteiger partial charge in [-0.15, -0.1) is 0 Å². The summed E-state index contributed by atoms with van der Waals surface area (Å²) in [6.07, 6.45) is 0.275. The molecule has 0 radical (unpaired) electrons. The van der Waals surface area contributed by atoms with Gasteiger partial charge in [0.25, 0.3) is 5.56 Å². The van der Waals surface area contributed by atoms with Gasteiger partial charge in [0.1, 0.15) is 0 Å². The second kappa shape index (κ2) is 6.43. The van der Waals surface area contributed by atoms with Crippen LogP contribution in [0, 0.1) is 27.7 Å². The lowest BCUT2D eigenvalue weighted by molar-refractivity contribution is -0.116. The van der Waals surface area contributed by atoms with Crippen LogP contribution in [0.3, 0.4) is 0 Å². The van der Waals surface area contributed by atoms with Crippen LogP contribution >= 0.6 is 11.8 Å². The predicted molar refractivity (Wildman–Crippen MR) is 96.9 cm³/mol. The van der Waals surface area contributed by atoms with E-state index in [1.165, 1.54) is 11.8 Å². The first-order chi connectivity index (χ1) is 11.4. The molecule has 0 spiro atoms. The normalized spacial score (nSPS) is 16.1. The Labute approximate surface area is 145 Å². The van der Waals surface area contributed by atoms with E-state index in [4.69, 9.17) is 0 Å². The molecular weight excluding hydrogens is 322 g/mol. The summed E-state index contributed by atoms with van der Waals surface area (Å²) < 4.78 is 1.68. The molecule has 2 heterocycles. The fourth-order valence-corrected chi connectivity index (χ4v) is 4.01. The molecule has 1 aromatic carbocycles. The molecule has 0 aliphatic carbocycles. The summed E-state index contributed by atoms with van der Waals surface area (Å²) in [5.74, 6) is 0.623. The summed E-state index contributed by atoms with van der Waals surface area (Å²) in [7, 11) is 0. The quantitative estimate of drug-likeness (QED) is 0.870. The summed E-state index contributed by atoms with van der Waals surface area (Å²) in [5, 5.41) is 3.69. The smallest absolute Gasteiger partial charge is 0.257 e. The van der Waals surface area contributed by atoms with E-state index in [0.29, 0.717) is 16.5 Å². The molecule has 0 saturated carbocycles. The zero-order valence-electron chi connectivity index (χ0n) is 14.3. The van der Waals surface area contributed by atoms with Gasteiger partial charge in [0.2, 0.25) is 5.91 Å². The number of hydrogen-bond donors (Lipinski definition) is 1. The standard InChI is InChI=1S/C18H21N3O2S/c1-10-6-5-7-15(11(10)2)20-16(22)8-14-9-24-18-19-13(4)12(3)17(23)21(14)18/h5-7,14H,8-9H2,1-4H3,(H,20,22). The third kappa shape index (κ3) is 2.98. The maximum absolute atomic E-state index is 12.5. The van der Waals surface area contributed by atoms with Gasteiger partial charge < -0.3 is 5.32 Å². The second-order valence-corrected chi connectivity index (χ2v) is 7.23. The van der Waals surface area contributed by atoms with E-state index in [-0.39, 0.29) is 23.9 Å². The number of rotatable bonds is 3. The molecular formula is C18H21N3O2S. The second-order valence-electron chi connectivity index (χ2n) is 6.24. The highest BCUT2D eigenvalue weighted by Gasteiger charge is 2.28. The first-order valence-corrected chi connectivity index (χ1v) is 8.95. The molecule has 24 heavy (non-hydrogen) atoms. The van der Waals surface area contributed by atoms with Crippen LogP contribution in [0.1, 0.15) is 34.8 Å². The molecule has 0 fully saturated rings. The van der Waals surface area contributed by atoms with Crippen LogP contribution < -0.4 is 10.9 Å². The van der Waals surface area contributed by atoms with Crippen molar-refractivity contribution in [2.75, 3.05) is 11.1 Å². The largest absolute Gasteiger partial charge is 0.326 e. The molecule has 0 saturated heterocycles. The Morgan fingerprint density at radius 3 is 2.79 bits per heavy atom. The molecule has 1 unspecified atom stereocenters. The Balaban J connectivity index is 1.80. The lowest BCUT2D eigenvalue weighted by Crippen LogP contribution is -2.29. The number of hydrogen-bond acceptors (Lipinski definition) is 4. The van der Waals surface area contributed by atoms with Crippen molar-refractivity contribution >= 4 is 23.4 Å². The predicted octanol–water partition coefficient (Wildman–Crippen LogP) is 3.15. The topological polar surface area (TPSA) is 64.0 Å². The van der Waals surface area contributed by atoms with Gasteiger partial charge >= 0.3 is 0 Å². The average molecular weight is 343 g/mol. The number of carbonyl (C=O) groups is 1. The van der Waals surface area contributed by atoms with Crippen molar-refractivity contribution < 1.29 is 4.79 Å². The summed E-state index contributed by atoms with van der Waals surface area (Å²) in [4.78, 5) is 29.4. The van der Waals surface area contributed by atoms with E-state index in [0.717, 1.165) is 22.5 Å². The summed E-state index contributed by atoms with van der Waals surface area (Å²) in [6.45, 7) is 7.64. The summed E-state index contributed by atoms with van der Waals surface area (Å²) in [6, 6.07) is 5.71. The molecule has 3 rings (SSSR count). The lowest BCUT2D eigenvalue weighted by Gasteiger charge is -2.15. The van der Waals surface area contributed by atoms with Crippen molar-refractivity contribution in [3.63, 3.8) is 0 Å². The molecule has 6 heteroatoms. The van der Waals surface area contributed by atoms with Crippen LogP contribution in [-0.4, -0.2) is 21.2 Å². The van der Waals surface area contributed by atoms with Crippen molar-refractivity contribution in [3.8, 4) is 0 Å². The molecule has 1 aliphatic rings. The number of nitrogens with one attached hydrogen (secondary N) is 1. The number of thioether (sulfide) groups is 1. The number of amides is 1. The van der Waals surface area contributed by atoms with Crippen LogP contribution in [0.15, 0.2) is 28.2 Å². The van der Waals surface area contributed by atoms with Gasteiger partial charge in [-0.2, -0.15) is 0 Å². The number of anilines is 1. The first kappa shape index (κ1) is 16.8. The minimum absolute atomic E-state index is 0.0352. The lowest BCUT2D eigenvalue weighted by atomic mass is 10.1. The van der Waals surface area contributed by atoms with E-state index < -0.39 is 0 Å². The van der Waals surface area contributed by atoms with Crippen molar-refractivity contribution in [2.45, 2.75) is 45.3 Å². The maximum atomic E-state index is 12.5. The number of aryl methyl sites for hydroxylation is 2. The van der Waals surface area contributed by atoms with Gasteiger partial charge in [-0.05, 0) is 44.9 Å². The molecule has 1 aromatic heterocycles. The molecule has 5 nitrogen and oxygen atoms in total. The van der Waals surface area contributed by atoms with E-state index in [9.17, 15) is 9.59 Å². The van der Waals surface area contributed by atoms with Gasteiger partial charge in [-0.1, -0.05) is 23.9 Å². The fraction of sp³-hybridized carbons (Fsp3) is 0.389. The zero-order chi connectivity index (χ0) is 17.4. The zero-order valence-corrected chi connectivity index (χ0v) is 15.2. The highest BCUT2D eigenvalue weighted by molar-refractivity contribution is 7.99. The Morgan fingerprint density at radius 1 is 1.29 bits per heavy atom. The van der Waals surface area contributed by atoms with Crippen LogP contribution in [0.5, 0.6) is 0 Å². The van der Waals surface area contributed by atoms with Gasteiger partial charge in [0.15, 0.2) is 5.16 Å². The van der Waals surface area contributed by atoms with Crippen molar-refractivity contribution in [1.29, 1.82) is 0 Å². The van der Waals surface area contributed by atoms with Crippen LogP contribution in [0.2, 0.25) is 0 Å². The number of carbonyl (C=O) groups excluding carboxylic acids is 1. The van der Waals surface area contributed by atoms with E-state index in [1.807, 2.05) is 39.0 Å².